The topological polar surface area (TPSA) is 40.6 Å². The molecule has 2 aliphatic heterocycles. The summed E-state index contributed by atoms with van der Waals surface area (Å²) in [5.74, 6) is -0.528. The van der Waals surface area contributed by atoms with Gasteiger partial charge < -0.3 is 4.90 Å². The van der Waals surface area contributed by atoms with Crippen molar-refractivity contribution in [3.63, 3.8) is 0 Å². The molecule has 2 amide bonds. The number of nitrogens with zero attached hydrogens (tertiary/aromatic N) is 2. The average molecular weight is 451 g/mol. The van der Waals surface area contributed by atoms with Crippen molar-refractivity contribution in [3.8, 4) is 0 Å². The van der Waals surface area contributed by atoms with Crippen LogP contribution < -0.4 is 9.80 Å². The number of carbonyl (C=O) groups excluding carboxylic acids is 2. The number of anilines is 2. The molecule has 0 unspecified atom stereocenters. The first-order chi connectivity index (χ1) is 16.2. The molecule has 2 aliphatic rings. The van der Waals surface area contributed by atoms with Crippen LogP contribution in [0.2, 0.25) is 0 Å². The highest BCUT2D eigenvalue weighted by atomic mass is 16.2. The van der Waals surface area contributed by atoms with Crippen LogP contribution in [-0.2, 0) is 21.4 Å². The third-order valence-electron chi connectivity index (χ3n) is 6.86. The van der Waals surface area contributed by atoms with Crippen LogP contribution in [0.4, 0.5) is 11.4 Å². The van der Waals surface area contributed by atoms with E-state index in [0.29, 0.717) is 23.5 Å². The van der Waals surface area contributed by atoms with Crippen LogP contribution in [0.3, 0.4) is 0 Å². The molecule has 34 heavy (non-hydrogen) atoms. The van der Waals surface area contributed by atoms with Crippen LogP contribution in [0.5, 0.6) is 0 Å². The maximum atomic E-state index is 14.0. The minimum absolute atomic E-state index is 0.00952. The van der Waals surface area contributed by atoms with Crippen molar-refractivity contribution in [2.24, 2.45) is 0 Å². The molecule has 0 aromatic heterocycles. The normalized spacial score (nSPS) is 16.0. The zero-order chi connectivity index (χ0) is 24.2. The number of aryl methyl sites for hydroxylation is 2. The lowest BCUT2D eigenvalue weighted by Crippen LogP contribution is -2.35. The van der Waals surface area contributed by atoms with Crippen molar-refractivity contribution in [1.82, 2.24) is 0 Å². The maximum Gasteiger partial charge on any atom is 0.282 e. The van der Waals surface area contributed by atoms with Crippen molar-refractivity contribution < 1.29 is 9.59 Å². The van der Waals surface area contributed by atoms with E-state index in [1.54, 1.807) is 0 Å². The highest BCUT2D eigenvalue weighted by Crippen LogP contribution is 2.41. The number of benzene rings is 3. The molecule has 0 radical (unpaired) electrons. The van der Waals surface area contributed by atoms with Gasteiger partial charge in [-0.05, 0) is 66.1 Å². The van der Waals surface area contributed by atoms with Crippen molar-refractivity contribution in [2.45, 2.75) is 46.5 Å². The fourth-order valence-electron chi connectivity index (χ4n) is 5.02. The van der Waals surface area contributed by atoms with Crippen molar-refractivity contribution in [1.29, 1.82) is 0 Å². The molecule has 0 bridgehead atoms. The first kappa shape index (κ1) is 22.1. The number of hydrogen-bond acceptors (Lipinski definition) is 3. The van der Waals surface area contributed by atoms with Gasteiger partial charge in [0.05, 0.1) is 11.3 Å². The van der Waals surface area contributed by atoms with Gasteiger partial charge in [0.1, 0.15) is 5.70 Å². The van der Waals surface area contributed by atoms with E-state index in [-0.39, 0.29) is 17.2 Å². The molecule has 0 atom stereocenters. The number of carbonyl (C=O) groups is 2. The van der Waals surface area contributed by atoms with Gasteiger partial charge in [-0.25, -0.2) is 4.90 Å². The Hall–Kier alpha value is -3.66. The Kier molecular flexibility index (Phi) is 5.20. The highest BCUT2D eigenvalue weighted by molar-refractivity contribution is 6.46. The number of hydrogen-bond donors (Lipinski definition) is 0. The zero-order valence-electron chi connectivity index (χ0n) is 20.5. The Morgan fingerprint density at radius 2 is 1.53 bits per heavy atom. The molecule has 0 fully saturated rings. The fourth-order valence-corrected chi connectivity index (χ4v) is 5.02. The van der Waals surface area contributed by atoms with Gasteiger partial charge in [-0.3, -0.25) is 9.59 Å². The minimum atomic E-state index is -0.264. The van der Waals surface area contributed by atoms with E-state index in [1.165, 1.54) is 10.5 Å². The third kappa shape index (κ3) is 3.54. The van der Waals surface area contributed by atoms with E-state index in [4.69, 9.17) is 0 Å². The van der Waals surface area contributed by atoms with E-state index in [9.17, 15) is 9.59 Å². The summed E-state index contributed by atoms with van der Waals surface area (Å²) >= 11 is 0. The summed E-state index contributed by atoms with van der Waals surface area (Å²) in [5, 5.41) is 0. The van der Waals surface area contributed by atoms with Crippen LogP contribution in [0.15, 0.2) is 72.4 Å². The van der Waals surface area contributed by atoms with Gasteiger partial charge in [0, 0.05) is 12.2 Å². The molecular weight excluding hydrogens is 420 g/mol. The SMILES string of the molecule is Cc1ccc(C2=C(N3CCc4ccccc43)C(=O)N(c3ccc(C(C)(C)C)cc3)C2=O)c(C)c1. The lowest BCUT2D eigenvalue weighted by molar-refractivity contribution is -0.120. The molecule has 4 heteroatoms. The van der Waals surface area contributed by atoms with Gasteiger partial charge in [0.15, 0.2) is 0 Å². The molecule has 0 spiro atoms. The summed E-state index contributed by atoms with van der Waals surface area (Å²) in [4.78, 5) is 31.3. The number of amides is 2. The average Bonchev–Trinajstić information content (AvgIpc) is 3.31. The summed E-state index contributed by atoms with van der Waals surface area (Å²) in [5.41, 5.74) is 7.85. The quantitative estimate of drug-likeness (QED) is 0.463. The molecule has 2 heterocycles. The maximum absolute atomic E-state index is 14.0. The predicted octanol–water partition coefficient (Wildman–Crippen LogP) is 5.95. The Balaban J connectivity index is 1.66. The fraction of sp³-hybridized carbons (Fsp3) is 0.267. The predicted molar refractivity (Wildman–Crippen MR) is 138 cm³/mol. The smallest absolute Gasteiger partial charge is 0.282 e. The number of fused-ring (bicyclic) bond motifs is 1. The molecule has 4 nitrogen and oxygen atoms in total. The van der Waals surface area contributed by atoms with Gasteiger partial charge in [-0.2, -0.15) is 0 Å². The molecule has 0 aliphatic carbocycles. The first-order valence-electron chi connectivity index (χ1n) is 11.8. The standard InChI is InChI=1S/C30H30N2O2/c1-19-10-15-24(20(2)18-19)26-27(31-17-16-21-8-6-7-9-25(21)31)29(34)32(28(26)33)23-13-11-22(12-14-23)30(3,4)5/h6-15,18H,16-17H2,1-5H3. The second-order valence-electron chi connectivity index (χ2n) is 10.3. The summed E-state index contributed by atoms with van der Waals surface area (Å²) in [6.07, 6.45) is 0.849. The van der Waals surface area contributed by atoms with Crippen LogP contribution in [-0.4, -0.2) is 18.4 Å². The molecule has 3 aromatic rings. The Morgan fingerprint density at radius 3 is 2.21 bits per heavy atom. The Morgan fingerprint density at radius 1 is 0.824 bits per heavy atom. The van der Waals surface area contributed by atoms with Crippen LogP contribution >= 0.6 is 0 Å². The number of imide groups is 1. The van der Waals surface area contributed by atoms with E-state index in [0.717, 1.165) is 34.4 Å². The van der Waals surface area contributed by atoms with Crippen LogP contribution in [0.1, 0.15) is 48.6 Å². The zero-order valence-corrected chi connectivity index (χ0v) is 20.5. The second kappa shape index (κ2) is 7.98. The monoisotopic (exact) mass is 450 g/mol. The summed E-state index contributed by atoms with van der Waals surface area (Å²) < 4.78 is 0. The van der Waals surface area contributed by atoms with Crippen molar-refractivity contribution >= 4 is 28.8 Å². The van der Waals surface area contributed by atoms with E-state index >= 15 is 0 Å². The Bertz CT molecular complexity index is 1340. The summed E-state index contributed by atoms with van der Waals surface area (Å²) in [7, 11) is 0. The molecule has 0 saturated heterocycles. The number of para-hydroxylation sites is 1. The Labute approximate surface area is 201 Å². The highest BCUT2D eigenvalue weighted by Gasteiger charge is 2.44. The minimum Gasteiger partial charge on any atom is -0.336 e. The van der Waals surface area contributed by atoms with Crippen LogP contribution in [0, 0.1) is 13.8 Å². The molecular formula is C30H30N2O2. The molecule has 0 saturated carbocycles. The molecule has 0 N–H and O–H groups in total. The van der Waals surface area contributed by atoms with Crippen LogP contribution in [0.25, 0.3) is 5.57 Å². The number of rotatable bonds is 3. The van der Waals surface area contributed by atoms with E-state index in [2.05, 4.69) is 32.9 Å². The molecule has 3 aromatic carbocycles. The van der Waals surface area contributed by atoms with Gasteiger partial charge in [-0.15, -0.1) is 0 Å². The molecule has 172 valence electrons. The van der Waals surface area contributed by atoms with Crippen molar-refractivity contribution in [2.75, 3.05) is 16.3 Å². The van der Waals surface area contributed by atoms with E-state index < -0.39 is 0 Å². The lowest BCUT2D eigenvalue weighted by atomic mass is 9.87. The van der Waals surface area contributed by atoms with Gasteiger partial charge in [0.25, 0.3) is 11.8 Å². The third-order valence-corrected chi connectivity index (χ3v) is 6.86. The van der Waals surface area contributed by atoms with Gasteiger partial charge in [0.2, 0.25) is 0 Å². The van der Waals surface area contributed by atoms with Gasteiger partial charge in [-0.1, -0.05) is 74.9 Å². The largest absolute Gasteiger partial charge is 0.336 e. The van der Waals surface area contributed by atoms with E-state index in [1.807, 2.05) is 73.3 Å². The lowest BCUT2D eigenvalue weighted by Gasteiger charge is -2.23. The summed E-state index contributed by atoms with van der Waals surface area (Å²) in [6.45, 7) is 11.2. The molecule has 5 rings (SSSR count). The van der Waals surface area contributed by atoms with Gasteiger partial charge >= 0.3 is 0 Å². The van der Waals surface area contributed by atoms with Crippen molar-refractivity contribution in [3.05, 3.63) is 100 Å². The first-order valence-corrected chi connectivity index (χ1v) is 11.8. The summed E-state index contributed by atoms with van der Waals surface area (Å²) in [6, 6.07) is 22.0. The second-order valence-corrected chi connectivity index (χ2v) is 10.3.